The highest BCUT2D eigenvalue weighted by Crippen LogP contribution is 2.42. The van der Waals surface area contributed by atoms with Crippen molar-refractivity contribution in [3.8, 4) is 5.75 Å². The third-order valence-corrected chi connectivity index (χ3v) is 3.95. The first-order valence-corrected chi connectivity index (χ1v) is 6.63. The molecule has 4 heteroatoms. The maximum Gasteiger partial charge on any atom is 0.165 e. The van der Waals surface area contributed by atoms with Crippen LogP contribution in [0.2, 0.25) is 0 Å². The summed E-state index contributed by atoms with van der Waals surface area (Å²) in [5.74, 6) is 0.104. The Balaban J connectivity index is 1.61. The minimum Gasteiger partial charge on any atom is -0.489 e. The number of benzene rings is 1. The molecule has 1 aromatic rings. The van der Waals surface area contributed by atoms with Crippen molar-refractivity contribution in [1.29, 1.82) is 0 Å². The van der Waals surface area contributed by atoms with Crippen LogP contribution in [0.3, 0.4) is 0 Å². The van der Waals surface area contributed by atoms with Crippen molar-refractivity contribution >= 4 is 0 Å². The van der Waals surface area contributed by atoms with E-state index >= 15 is 0 Å². The van der Waals surface area contributed by atoms with E-state index in [0.29, 0.717) is 12.4 Å². The third kappa shape index (κ3) is 2.35. The van der Waals surface area contributed by atoms with E-state index < -0.39 is 0 Å². The number of ether oxygens (including phenoxy) is 1. The van der Waals surface area contributed by atoms with Crippen LogP contribution in [0.4, 0.5) is 4.39 Å². The van der Waals surface area contributed by atoms with Crippen LogP contribution in [0.15, 0.2) is 24.3 Å². The van der Waals surface area contributed by atoms with Gasteiger partial charge >= 0.3 is 0 Å². The van der Waals surface area contributed by atoms with E-state index in [-0.39, 0.29) is 11.4 Å². The Morgan fingerprint density at radius 3 is 2.61 bits per heavy atom. The van der Waals surface area contributed by atoms with Gasteiger partial charge < -0.3 is 10.1 Å². The maximum absolute atomic E-state index is 13.5. The van der Waals surface area contributed by atoms with E-state index in [2.05, 4.69) is 10.2 Å². The maximum atomic E-state index is 13.5. The predicted octanol–water partition coefficient (Wildman–Crippen LogP) is 1.64. The number of para-hydroxylation sites is 1. The molecule has 1 aromatic carbocycles. The highest BCUT2D eigenvalue weighted by Gasteiger charge is 2.48. The molecule has 1 heterocycles. The SMILES string of the molecule is Fc1ccccc1OCC1(N2CCNCC2)CC1. The Morgan fingerprint density at radius 1 is 1.22 bits per heavy atom. The normalized spacial score (nSPS) is 22.7. The largest absolute Gasteiger partial charge is 0.489 e. The van der Waals surface area contributed by atoms with Crippen molar-refractivity contribution in [2.75, 3.05) is 32.8 Å². The van der Waals surface area contributed by atoms with Gasteiger partial charge in [-0.1, -0.05) is 12.1 Å². The van der Waals surface area contributed by atoms with E-state index in [1.165, 1.54) is 18.9 Å². The summed E-state index contributed by atoms with van der Waals surface area (Å²) in [5, 5.41) is 3.36. The number of nitrogens with zero attached hydrogens (tertiary/aromatic N) is 1. The molecule has 2 fully saturated rings. The summed E-state index contributed by atoms with van der Waals surface area (Å²) < 4.78 is 19.2. The van der Waals surface area contributed by atoms with Gasteiger partial charge in [-0.05, 0) is 25.0 Å². The Morgan fingerprint density at radius 2 is 1.94 bits per heavy atom. The quantitative estimate of drug-likeness (QED) is 0.879. The predicted molar refractivity (Wildman–Crippen MR) is 68.3 cm³/mol. The van der Waals surface area contributed by atoms with E-state index in [0.717, 1.165) is 26.2 Å². The summed E-state index contributed by atoms with van der Waals surface area (Å²) in [4.78, 5) is 2.49. The average Bonchev–Trinajstić information content (AvgIpc) is 3.20. The summed E-state index contributed by atoms with van der Waals surface area (Å²) >= 11 is 0. The minimum absolute atomic E-state index is 0.171. The van der Waals surface area contributed by atoms with Gasteiger partial charge in [0.1, 0.15) is 6.61 Å². The fourth-order valence-electron chi connectivity index (χ4n) is 2.61. The van der Waals surface area contributed by atoms with Gasteiger partial charge in [-0.25, -0.2) is 4.39 Å². The van der Waals surface area contributed by atoms with Crippen LogP contribution in [0, 0.1) is 5.82 Å². The van der Waals surface area contributed by atoms with Gasteiger partial charge in [0.25, 0.3) is 0 Å². The van der Waals surface area contributed by atoms with Crippen LogP contribution >= 0.6 is 0 Å². The molecule has 1 saturated carbocycles. The molecule has 3 rings (SSSR count). The van der Waals surface area contributed by atoms with E-state index in [1.54, 1.807) is 12.1 Å². The molecule has 0 bridgehead atoms. The van der Waals surface area contributed by atoms with Crippen molar-refractivity contribution in [1.82, 2.24) is 10.2 Å². The summed E-state index contributed by atoms with van der Waals surface area (Å²) in [7, 11) is 0. The average molecular weight is 250 g/mol. The zero-order valence-electron chi connectivity index (χ0n) is 10.5. The van der Waals surface area contributed by atoms with Gasteiger partial charge in [-0.3, -0.25) is 4.90 Å². The second kappa shape index (κ2) is 4.86. The lowest BCUT2D eigenvalue weighted by Crippen LogP contribution is -2.51. The molecule has 0 atom stereocenters. The molecule has 1 N–H and O–H groups in total. The van der Waals surface area contributed by atoms with Gasteiger partial charge in [-0.15, -0.1) is 0 Å². The lowest BCUT2D eigenvalue weighted by Gasteiger charge is -2.35. The Hall–Kier alpha value is -1.13. The van der Waals surface area contributed by atoms with E-state index in [1.807, 2.05) is 6.07 Å². The summed E-state index contributed by atoms with van der Waals surface area (Å²) in [5.41, 5.74) is 0.171. The van der Waals surface area contributed by atoms with Crippen LogP contribution in [0.5, 0.6) is 5.75 Å². The second-order valence-electron chi connectivity index (χ2n) is 5.18. The molecule has 1 aliphatic carbocycles. The van der Waals surface area contributed by atoms with Crippen LogP contribution in [0.25, 0.3) is 0 Å². The topological polar surface area (TPSA) is 24.5 Å². The standard InChI is InChI=1S/C14H19FN2O/c15-12-3-1-2-4-13(12)18-11-14(5-6-14)17-9-7-16-8-10-17/h1-4,16H,5-11H2. The highest BCUT2D eigenvalue weighted by molar-refractivity contribution is 5.24. The third-order valence-electron chi connectivity index (χ3n) is 3.95. The molecule has 2 aliphatic rings. The zero-order chi connectivity index (χ0) is 12.4. The number of rotatable bonds is 4. The van der Waals surface area contributed by atoms with Gasteiger partial charge in [0.15, 0.2) is 11.6 Å². The molecular formula is C14H19FN2O. The number of piperazine rings is 1. The first-order valence-electron chi connectivity index (χ1n) is 6.63. The van der Waals surface area contributed by atoms with Crippen molar-refractivity contribution in [2.45, 2.75) is 18.4 Å². The zero-order valence-corrected chi connectivity index (χ0v) is 10.5. The molecule has 3 nitrogen and oxygen atoms in total. The summed E-state index contributed by atoms with van der Waals surface area (Å²) in [6, 6.07) is 6.64. The fourth-order valence-corrected chi connectivity index (χ4v) is 2.61. The molecule has 0 amide bonds. The molecule has 98 valence electrons. The van der Waals surface area contributed by atoms with Gasteiger partial charge in [-0.2, -0.15) is 0 Å². The molecule has 1 aliphatic heterocycles. The smallest absolute Gasteiger partial charge is 0.165 e. The van der Waals surface area contributed by atoms with Crippen LogP contribution < -0.4 is 10.1 Å². The first-order chi connectivity index (χ1) is 8.80. The first kappa shape index (κ1) is 11.9. The number of nitrogens with one attached hydrogen (secondary N) is 1. The Kier molecular flexibility index (Phi) is 3.22. The van der Waals surface area contributed by atoms with Gasteiger partial charge in [0.2, 0.25) is 0 Å². The lowest BCUT2D eigenvalue weighted by atomic mass is 10.2. The number of halogens is 1. The van der Waals surface area contributed by atoms with Crippen molar-refractivity contribution in [2.24, 2.45) is 0 Å². The van der Waals surface area contributed by atoms with E-state index in [9.17, 15) is 4.39 Å². The Labute approximate surface area is 107 Å². The molecular weight excluding hydrogens is 231 g/mol. The highest BCUT2D eigenvalue weighted by atomic mass is 19.1. The second-order valence-corrected chi connectivity index (χ2v) is 5.18. The molecule has 18 heavy (non-hydrogen) atoms. The summed E-state index contributed by atoms with van der Waals surface area (Å²) in [6.07, 6.45) is 2.34. The number of hydrogen-bond acceptors (Lipinski definition) is 3. The minimum atomic E-state index is -0.270. The van der Waals surface area contributed by atoms with Crippen LogP contribution in [-0.2, 0) is 0 Å². The molecule has 0 aromatic heterocycles. The number of hydrogen-bond donors (Lipinski definition) is 1. The van der Waals surface area contributed by atoms with Crippen molar-refractivity contribution in [3.05, 3.63) is 30.1 Å². The molecule has 0 spiro atoms. The van der Waals surface area contributed by atoms with Crippen LogP contribution in [0.1, 0.15) is 12.8 Å². The molecule has 0 radical (unpaired) electrons. The van der Waals surface area contributed by atoms with Gasteiger partial charge in [0, 0.05) is 26.2 Å². The van der Waals surface area contributed by atoms with E-state index in [4.69, 9.17) is 4.74 Å². The lowest BCUT2D eigenvalue weighted by molar-refractivity contribution is 0.101. The molecule has 0 unspecified atom stereocenters. The van der Waals surface area contributed by atoms with Crippen molar-refractivity contribution in [3.63, 3.8) is 0 Å². The van der Waals surface area contributed by atoms with Gasteiger partial charge in [0.05, 0.1) is 5.54 Å². The van der Waals surface area contributed by atoms with Crippen molar-refractivity contribution < 1.29 is 9.13 Å². The van der Waals surface area contributed by atoms with Crippen LogP contribution in [-0.4, -0.2) is 43.2 Å². The molecule has 1 saturated heterocycles. The fraction of sp³-hybridized carbons (Fsp3) is 0.571. The Bertz CT molecular complexity index is 414. The monoisotopic (exact) mass is 250 g/mol. The summed E-state index contributed by atoms with van der Waals surface area (Å²) in [6.45, 7) is 4.83.